The number of nitrogens with two attached hydrogens (primary N) is 1. The first-order valence-corrected chi connectivity index (χ1v) is 9.15. The maximum absolute atomic E-state index is 11.3. The van der Waals surface area contributed by atoms with Gasteiger partial charge in [0, 0.05) is 23.7 Å². The summed E-state index contributed by atoms with van der Waals surface area (Å²) in [7, 11) is -3.72. The molecule has 2 aliphatic carbocycles. The van der Waals surface area contributed by atoms with Crippen LogP contribution in [0.3, 0.4) is 0 Å². The van der Waals surface area contributed by atoms with E-state index in [4.69, 9.17) is 9.66 Å². The zero-order valence-corrected chi connectivity index (χ0v) is 13.7. The summed E-state index contributed by atoms with van der Waals surface area (Å²) < 4.78 is 28.1. The van der Waals surface area contributed by atoms with Crippen LogP contribution in [-0.4, -0.2) is 23.5 Å². The fourth-order valence-electron chi connectivity index (χ4n) is 3.28. The number of pyridine rings is 1. The first-order chi connectivity index (χ1) is 10.8. The monoisotopic (exact) mass is 334 g/mol. The first kappa shape index (κ1) is 14.8. The Balaban J connectivity index is 1.61. The molecule has 0 bridgehead atoms. The van der Waals surface area contributed by atoms with Crippen molar-refractivity contribution in [2.75, 3.05) is 0 Å². The largest absolute Gasteiger partial charge is 0.339 e. The average molecular weight is 334 g/mol. The molecule has 23 heavy (non-hydrogen) atoms. The Morgan fingerprint density at radius 3 is 2.57 bits per heavy atom. The SMILES string of the molecule is CC1(C)[C@@H](c2ccc(S(N)(=O)=O)cn2)[C@@H]1c1nc(C2CC2)no1. The van der Waals surface area contributed by atoms with Crippen LogP contribution >= 0.6 is 0 Å². The van der Waals surface area contributed by atoms with Crippen molar-refractivity contribution in [2.24, 2.45) is 10.6 Å². The minimum absolute atomic E-state index is 0.0186. The third kappa shape index (κ3) is 2.46. The molecule has 7 nitrogen and oxygen atoms in total. The lowest BCUT2D eigenvalue weighted by atomic mass is 10.1. The fraction of sp³-hybridized carbons (Fsp3) is 0.533. The van der Waals surface area contributed by atoms with E-state index < -0.39 is 10.0 Å². The lowest BCUT2D eigenvalue weighted by Gasteiger charge is -2.03. The van der Waals surface area contributed by atoms with Crippen molar-refractivity contribution >= 4 is 10.0 Å². The molecule has 0 aliphatic heterocycles. The standard InChI is InChI=1S/C15H18N4O3S/c1-15(2)11(10-6-5-9(7-17-10)23(16,20)21)12(15)14-18-13(19-22-14)8-3-4-8/h5-8,11-12H,3-4H2,1-2H3,(H2,16,20,21)/t11-,12+/m0/s1. The van der Waals surface area contributed by atoms with Crippen LogP contribution in [0, 0.1) is 5.41 Å². The summed E-state index contributed by atoms with van der Waals surface area (Å²) in [5.41, 5.74) is 0.766. The molecule has 8 heteroatoms. The van der Waals surface area contributed by atoms with Gasteiger partial charge < -0.3 is 4.52 Å². The number of aromatic nitrogens is 3. The topological polar surface area (TPSA) is 112 Å². The van der Waals surface area contributed by atoms with E-state index in [1.54, 1.807) is 6.07 Å². The molecule has 2 aromatic heterocycles. The summed E-state index contributed by atoms with van der Waals surface area (Å²) in [6, 6.07) is 3.21. The third-order valence-corrected chi connectivity index (χ3v) is 5.80. The molecule has 0 radical (unpaired) electrons. The minimum atomic E-state index is -3.72. The van der Waals surface area contributed by atoms with Gasteiger partial charge >= 0.3 is 0 Å². The van der Waals surface area contributed by atoms with E-state index in [1.807, 2.05) is 0 Å². The van der Waals surface area contributed by atoms with E-state index in [9.17, 15) is 8.42 Å². The highest BCUT2D eigenvalue weighted by molar-refractivity contribution is 7.89. The maximum Gasteiger partial charge on any atom is 0.239 e. The molecule has 122 valence electrons. The summed E-state index contributed by atoms with van der Waals surface area (Å²) in [5.74, 6) is 2.15. The lowest BCUT2D eigenvalue weighted by Crippen LogP contribution is -2.12. The summed E-state index contributed by atoms with van der Waals surface area (Å²) in [5, 5.41) is 9.18. The van der Waals surface area contributed by atoms with Crippen LogP contribution in [0.4, 0.5) is 0 Å². The molecule has 0 spiro atoms. The van der Waals surface area contributed by atoms with Crippen molar-refractivity contribution in [3.8, 4) is 0 Å². The van der Waals surface area contributed by atoms with Crippen molar-refractivity contribution in [2.45, 2.75) is 49.3 Å². The molecule has 2 aromatic rings. The Hall–Kier alpha value is -1.80. The number of nitrogens with zero attached hydrogens (tertiary/aromatic N) is 3. The van der Waals surface area contributed by atoms with Crippen LogP contribution in [0.25, 0.3) is 0 Å². The molecular weight excluding hydrogens is 316 g/mol. The number of rotatable bonds is 4. The maximum atomic E-state index is 11.3. The van der Waals surface area contributed by atoms with Crippen LogP contribution in [0.1, 0.15) is 61.9 Å². The Labute approximate surface area is 134 Å². The highest BCUT2D eigenvalue weighted by atomic mass is 32.2. The summed E-state index contributed by atoms with van der Waals surface area (Å²) in [6.07, 6.45) is 3.57. The van der Waals surface area contributed by atoms with Crippen molar-refractivity contribution in [1.82, 2.24) is 15.1 Å². The zero-order chi connectivity index (χ0) is 16.4. The quantitative estimate of drug-likeness (QED) is 0.914. The Morgan fingerprint density at radius 2 is 2.00 bits per heavy atom. The second-order valence-electron chi connectivity index (χ2n) is 7.01. The molecule has 0 saturated heterocycles. The molecule has 0 amide bonds. The van der Waals surface area contributed by atoms with Crippen LogP contribution in [0.2, 0.25) is 0 Å². The average Bonchev–Trinajstić information content (AvgIpc) is 3.36. The highest BCUT2D eigenvalue weighted by Crippen LogP contribution is 2.69. The van der Waals surface area contributed by atoms with Gasteiger partial charge in [-0.15, -0.1) is 0 Å². The number of primary sulfonamides is 1. The van der Waals surface area contributed by atoms with Crippen molar-refractivity contribution in [3.63, 3.8) is 0 Å². The van der Waals surface area contributed by atoms with Crippen LogP contribution in [0.5, 0.6) is 0 Å². The van der Waals surface area contributed by atoms with Crippen molar-refractivity contribution < 1.29 is 12.9 Å². The van der Waals surface area contributed by atoms with E-state index in [0.717, 1.165) is 24.4 Å². The van der Waals surface area contributed by atoms with Gasteiger partial charge in [0.25, 0.3) is 0 Å². The van der Waals surface area contributed by atoms with Gasteiger partial charge in [0.1, 0.15) is 4.90 Å². The second-order valence-corrected chi connectivity index (χ2v) is 8.57. The number of hydrogen-bond acceptors (Lipinski definition) is 6. The van der Waals surface area contributed by atoms with Gasteiger partial charge in [-0.1, -0.05) is 19.0 Å². The van der Waals surface area contributed by atoms with E-state index >= 15 is 0 Å². The Morgan fingerprint density at radius 1 is 1.26 bits per heavy atom. The van der Waals surface area contributed by atoms with Gasteiger partial charge in [-0.3, -0.25) is 4.98 Å². The molecular formula is C15H18N4O3S. The molecule has 2 heterocycles. The van der Waals surface area contributed by atoms with Crippen LogP contribution in [0.15, 0.2) is 27.7 Å². The smallest absolute Gasteiger partial charge is 0.239 e. The van der Waals surface area contributed by atoms with E-state index in [0.29, 0.717) is 11.8 Å². The van der Waals surface area contributed by atoms with Gasteiger partial charge in [0.15, 0.2) is 5.82 Å². The summed E-state index contributed by atoms with van der Waals surface area (Å²) >= 11 is 0. The van der Waals surface area contributed by atoms with E-state index in [2.05, 4.69) is 29.0 Å². The minimum Gasteiger partial charge on any atom is -0.339 e. The Kier molecular flexibility index (Phi) is 2.96. The van der Waals surface area contributed by atoms with Gasteiger partial charge in [0.05, 0.1) is 5.92 Å². The third-order valence-electron chi connectivity index (χ3n) is 4.90. The molecule has 2 fully saturated rings. The normalized spacial score (nSPS) is 26.2. The number of sulfonamides is 1. The van der Waals surface area contributed by atoms with Crippen LogP contribution in [-0.2, 0) is 10.0 Å². The van der Waals surface area contributed by atoms with E-state index in [1.165, 1.54) is 12.3 Å². The van der Waals surface area contributed by atoms with Gasteiger partial charge in [-0.2, -0.15) is 4.98 Å². The molecule has 0 aromatic carbocycles. The summed E-state index contributed by atoms with van der Waals surface area (Å²) in [4.78, 5) is 8.84. The predicted octanol–water partition coefficient (Wildman–Crippen LogP) is 1.90. The van der Waals surface area contributed by atoms with Gasteiger partial charge in [-0.25, -0.2) is 13.6 Å². The van der Waals surface area contributed by atoms with Gasteiger partial charge in [0.2, 0.25) is 15.9 Å². The zero-order valence-electron chi connectivity index (χ0n) is 12.9. The van der Waals surface area contributed by atoms with Crippen molar-refractivity contribution in [3.05, 3.63) is 35.7 Å². The molecule has 2 saturated carbocycles. The molecule has 0 unspecified atom stereocenters. The Bertz CT molecular complexity index is 853. The number of hydrogen-bond donors (Lipinski definition) is 1. The molecule has 2 atom stereocenters. The van der Waals surface area contributed by atoms with E-state index in [-0.39, 0.29) is 22.1 Å². The van der Waals surface area contributed by atoms with Crippen molar-refractivity contribution in [1.29, 1.82) is 0 Å². The molecule has 2 N–H and O–H groups in total. The lowest BCUT2D eigenvalue weighted by molar-refractivity contribution is 0.363. The highest BCUT2D eigenvalue weighted by Gasteiger charge is 2.62. The molecule has 2 aliphatic rings. The summed E-state index contributed by atoms with van der Waals surface area (Å²) in [6.45, 7) is 4.25. The second kappa shape index (κ2) is 4.61. The van der Waals surface area contributed by atoms with Gasteiger partial charge in [-0.05, 0) is 30.4 Å². The molecule has 4 rings (SSSR count). The predicted molar refractivity (Wildman–Crippen MR) is 81.1 cm³/mol. The first-order valence-electron chi connectivity index (χ1n) is 7.61. The van der Waals surface area contributed by atoms with Crippen LogP contribution < -0.4 is 5.14 Å². The fourth-order valence-corrected chi connectivity index (χ4v) is 3.73.